The second-order valence-corrected chi connectivity index (χ2v) is 5.65. The number of nitrogens with zero attached hydrogens (tertiary/aromatic N) is 3. The molecule has 2 heterocycles. The third-order valence-corrected chi connectivity index (χ3v) is 3.59. The number of carbonyl (C=O) groups is 1. The summed E-state index contributed by atoms with van der Waals surface area (Å²) in [4.78, 5) is 24.5. The molecule has 0 amide bonds. The Kier molecular flexibility index (Phi) is 5.03. The Balaban J connectivity index is 2.20. The van der Waals surface area contributed by atoms with Gasteiger partial charge in [-0.2, -0.15) is 0 Å². The second-order valence-electron chi connectivity index (χ2n) is 5.65. The Labute approximate surface area is 150 Å². The van der Waals surface area contributed by atoms with Crippen LogP contribution in [-0.4, -0.2) is 26.0 Å². The minimum atomic E-state index is -1.21. The number of ether oxygens (including phenoxy) is 1. The fraction of sp³-hybridized carbons (Fsp3) is 0.100. The molecule has 0 aliphatic carbocycles. The van der Waals surface area contributed by atoms with Crippen LogP contribution in [0.1, 0.15) is 22.5 Å². The van der Waals surface area contributed by atoms with E-state index < -0.39 is 5.97 Å². The van der Waals surface area contributed by atoms with Crippen molar-refractivity contribution in [1.29, 1.82) is 0 Å². The van der Waals surface area contributed by atoms with Gasteiger partial charge in [0.25, 0.3) is 0 Å². The van der Waals surface area contributed by atoms with E-state index in [-0.39, 0.29) is 11.8 Å². The Morgan fingerprint density at radius 1 is 0.962 bits per heavy atom. The molecule has 0 radical (unpaired) electrons. The molecule has 1 N–H and O–H groups in total. The van der Waals surface area contributed by atoms with E-state index in [0.29, 0.717) is 28.1 Å². The van der Waals surface area contributed by atoms with E-state index in [4.69, 9.17) is 4.74 Å². The van der Waals surface area contributed by atoms with E-state index >= 15 is 0 Å². The van der Waals surface area contributed by atoms with Gasteiger partial charge in [0.1, 0.15) is 0 Å². The minimum Gasteiger partial charge on any atom is -0.475 e. The van der Waals surface area contributed by atoms with Gasteiger partial charge in [-0.1, -0.05) is 36.4 Å². The van der Waals surface area contributed by atoms with Gasteiger partial charge in [-0.15, -0.1) is 0 Å². The zero-order valence-electron chi connectivity index (χ0n) is 14.4. The van der Waals surface area contributed by atoms with Gasteiger partial charge >= 0.3 is 12.0 Å². The molecule has 0 aliphatic heterocycles. The molecule has 3 aromatic rings. The van der Waals surface area contributed by atoms with Gasteiger partial charge in [0.15, 0.2) is 0 Å². The van der Waals surface area contributed by atoms with E-state index in [9.17, 15) is 9.90 Å². The highest BCUT2D eigenvalue weighted by atomic mass is 16.5. The van der Waals surface area contributed by atoms with Crippen LogP contribution in [0.5, 0.6) is 6.01 Å². The molecule has 0 bridgehead atoms. The van der Waals surface area contributed by atoms with Gasteiger partial charge in [0.2, 0.25) is 5.76 Å². The first kappa shape index (κ1) is 17.3. The molecule has 130 valence electrons. The summed E-state index contributed by atoms with van der Waals surface area (Å²) in [6, 6.07) is 14.5. The van der Waals surface area contributed by atoms with E-state index in [0.717, 1.165) is 0 Å². The number of aliphatic carboxylic acids is 1. The number of rotatable bonds is 5. The molecule has 6 heteroatoms. The van der Waals surface area contributed by atoms with Gasteiger partial charge in [0, 0.05) is 34.9 Å². The number of carboxylic acids is 1. The lowest BCUT2D eigenvalue weighted by Gasteiger charge is -2.13. The Morgan fingerprint density at radius 2 is 1.62 bits per heavy atom. The summed E-state index contributed by atoms with van der Waals surface area (Å²) in [6.45, 7) is 3.59. The van der Waals surface area contributed by atoms with Crippen molar-refractivity contribution in [2.75, 3.05) is 0 Å². The highest BCUT2D eigenvalue weighted by molar-refractivity contribution is 5.99. The standard InChI is InChI=1S/C20H17N3O3/c1-13-11-14(2)23-20(22-13)26-18(19(24)25)17(15-7-4-3-5-8-15)16-9-6-10-21-12-16/h3-12H,1-2H3,(H,24,25). The maximum Gasteiger partial charge on any atom is 0.372 e. The molecule has 0 spiro atoms. The number of pyridine rings is 1. The molecular formula is C20H17N3O3. The molecular weight excluding hydrogens is 330 g/mol. The summed E-state index contributed by atoms with van der Waals surface area (Å²) in [5.74, 6) is -1.47. The third kappa shape index (κ3) is 3.92. The highest BCUT2D eigenvalue weighted by Gasteiger charge is 2.22. The van der Waals surface area contributed by atoms with Crippen molar-refractivity contribution in [3.8, 4) is 6.01 Å². The lowest BCUT2D eigenvalue weighted by molar-refractivity contribution is -0.135. The first-order chi connectivity index (χ1) is 12.5. The fourth-order valence-corrected chi connectivity index (χ4v) is 2.58. The highest BCUT2D eigenvalue weighted by Crippen LogP contribution is 2.28. The maximum absolute atomic E-state index is 12.0. The van der Waals surface area contributed by atoms with Gasteiger partial charge in [-0.3, -0.25) is 4.98 Å². The average Bonchev–Trinajstić information content (AvgIpc) is 2.62. The summed E-state index contributed by atoms with van der Waals surface area (Å²) < 4.78 is 5.64. The molecule has 2 aromatic heterocycles. The minimum absolute atomic E-state index is 0.00257. The quantitative estimate of drug-likeness (QED) is 0.562. The Morgan fingerprint density at radius 3 is 2.19 bits per heavy atom. The lowest BCUT2D eigenvalue weighted by Crippen LogP contribution is -2.14. The largest absolute Gasteiger partial charge is 0.475 e. The van der Waals surface area contributed by atoms with Crippen molar-refractivity contribution in [2.45, 2.75) is 13.8 Å². The second kappa shape index (κ2) is 7.57. The molecule has 6 nitrogen and oxygen atoms in total. The third-order valence-electron chi connectivity index (χ3n) is 3.59. The molecule has 26 heavy (non-hydrogen) atoms. The van der Waals surface area contributed by atoms with Gasteiger partial charge in [0.05, 0.1) is 0 Å². The van der Waals surface area contributed by atoms with Crippen molar-refractivity contribution < 1.29 is 14.6 Å². The topological polar surface area (TPSA) is 85.2 Å². The molecule has 0 aliphatic rings. The first-order valence-corrected chi connectivity index (χ1v) is 7.98. The van der Waals surface area contributed by atoms with Crippen molar-refractivity contribution in [3.05, 3.63) is 89.2 Å². The zero-order chi connectivity index (χ0) is 18.5. The van der Waals surface area contributed by atoms with Crippen LogP contribution in [0.4, 0.5) is 0 Å². The summed E-state index contributed by atoms with van der Waals surface area (Å²) in [5, 5.41) is 9.81. The smallest absolute Gasteiger partial charge is 0.372 e. The number of hydrogen-bond acceptors (Lipinski definition) is 5. The van der Waals surface area contributed by atoms with Crippen molar-refractivity contribution in [2.24, 2.45) is 0 Å². The predicted octanol–water partition coefficient (Wildman–Crippen LogP) is 3.41. The summed E-state index contributed by atoms with van der Waals surface area (Å²) >= 11 is 0. The molecule has 0 saturated heterocycles. The molecule has 0 unspecified atom stereocenters. The molecule has 0 fully saturated rings. The fourth-order valence-electron chi connectivity index (χ4n) is 2.58. The van der Waals surface area contributed by atoms with Gasteiger partial charge in [-0.05, 0) is 31.5 Å². The Bertz CT molecular complexity index is 893. The average molecular weight is 347 g/mol. The number of carboxylic acid groups (broad SMARTS) is 1. The monoisotopic (exact) mass is 347 g/mol. The SMILES string of the molecule is Cc1cc(C)nc(OC(C(=O)O)=C(c2ccccc2)c2cccnc2)n1. The van der Waals surface area contributed by atoms with Crippen molar-refractivity contribution in [1.82, 2.24) is 15.0 Å². The van der Waals surface area contributed by atoms with E-state index in [1.165, 1.54) is 0 Å². The van der Waals surface area contributed by atoms with Crippen LogP contribution < -0.4 is 4.74 Å². The van der Waals surface area contributed by atoms with Crippen LogP contribution in [0.3, 0.4) is 0 Å². The first-order valence-electron chi connectivity index (χ1n) is 7.98. The van der Waals surface area contributed by atoms with Crippen LogP contribution in [-0.2, 0) is 4.79 Å². The molecule has 1 aromatic carbocycles. The van der Waals surface area contributed by atoms with Crippen LogP contribution in [0.2, 0.25) is 0 Å². The summed E-state index contributed by atoms with van der Waals surface area (Å²) in [5.41, 5.74) is 3.12. The Hall–Kier alpha value is -3.54. The number of benzene rings is 1. The number of aromatic nitrogens is 3. The lowest BCUT2D eigenvalue weighted by atomic mass is 9.98. The predicted molar refractivity (Wildman–Crippen MR) is 96.5 cm³/mol. The van der Waals surface area contributed by atoms with Gasteiger partial charge in [-0.25, -0.2) is 14.8 Å². The van der Waals surface area contributed by atoms with Crippen LogP contribution in [0.25, 0.3) is 5.57 Å². The van der Waals surface area contributed by atoms with Crippen molar-refractivity contribution in [3.63, 3.8) is 0 Å². The molecule has 0 atom stereocenters. The molecule has 0 saturated carbocycles. The maximum atomic E-state index is 12.0. The number of aryl methyl sites for hydroxylation is 2. The van der Waals surface area contributed by atoms with E-state index in [2.05, 4.69) is 15.0 Å². The zero-order valence-corrected chi connectivity index (χ0v) is 14.4. The van der Waals surface area contributed by atoms with E-state index in [1.807, 2.05) is 30.3 Å². The van der Waals surface area contributed by atoms with Gasteiger partial charge < -0.3 is 9.84 Å². The van der Waals surface area contributed by atoms with Crippen LogP contribution in [0, 0.1) is 13.8 Å². The van der Waals surface area contributed by atoms with Crippen molar-refractivity contribution >= 4 is 11.5 Å². The van der Waals surface area contributed by atoms with Crippen LogP contribution in [0.15, 0.2) is 66.7 Å². The molecule has 3 rings (SSSR count). The number of hydrogen-bond donors (Lipinski definition) is 1. The summed E-state index contributed by atoms with van der Waals surface area (Å²) in [6.07, 6.45) is 3.22. The van der Waals surface area contributed by atoms with Crippen LogP contribution >= 0.6 is 0 Å². The van der Waals surface area contributed by atoms with E-state index in [1.54, 1.807) is 44.4 Å². The normalized spacial score (nSPS) is 11.6. The summed E-state index contributed by atoms with van der Waals surface area (Å²) in [7, 11) is 0.